The maximum absolute atomic E-state index is 12.5. The lowest BCUT2D eigenvalue weighted by molar-refractivity contribution is 0.305. The summed E-state index contributed by atoms with van der Waals surface area (Å²) in [4.78, 5) is 7.35. The van der Waals surface area contributed by atoms with Gasteiger partial charge in [0.25, 0.3) is 0 Å². The second kappa shape index (κ2) is 5.08. The van der Waals surface area contributed by atoms with Gasteiger partial charge in [0, 0.05) is 18.6 Å². The van der Waals surface area contributed by atoms with E-state index in [0.717, 1.165) is 17.8 Å². The Morgan fingerprint density at radius 1 is 1.06 bits per heavy atom. The molecule has 18 heavy (non-hydrogen) atoms. The number of nitrogens with zero attached hydrogens (tertiary/aromatic N) is 2. The van der Waals surface area contributed by atoms with Crippen LogP contribution in [0.15, 0.2) is 43.0 Å². The largest absolute Gasteiger partial charge is 0.511 e. The van der Waals surface area contributed by atoms with Gasteiger partial charge in [-0.15, -0.1) is 0 Å². The van der Waals surface area contributed by atoms with Gasteiger partial charge >= 0.3 is 6.98 Å². The number of hydrogen-bond acceptors (Lipinski definition) is 3. The van der Waals surface area contributed by atoms with Gasteiger partial charge in [0.15, 0.2) is 0 Å². The number of hydrogen-bond donors (Lipinski definition) is 0. The average molecular weight is 253 g/mol. The molecule has 0 bridgehead atoms. The van der Waals surface area contributed by atoms with Gasteiger partial charge in [0.1, 0.15) is 12.4 Å². The molecule has 0 aromatic carbocycles. The molecule has 2 heterocycles. The number of ether oxygens (including phenoxy) is 1. The molecule has 2 aromatic rings. The third-order valence-electron chi connectivity index (χ3n) is 2.27. The van der Waals surface area contributed by atoms with Crippen molar-refractivity contribution in [1.82, 2.24) is 9.97 Å². The highest BCUT2D eigenvalue weighted by molar-refractivity contribution is 6.73. The fraction of sp³-hybridized carbons (Fsp3) is 0.0909. The van der Waals surface area contributed by atoms with E-state index >= 15 is 0 Å². The van der Waals surface area contributed by atoms with Crippen LogP contribution < -0.4 is 10.2 Å². The predicted octanol–water partition coefficient (Wildman–Crippen LogP) is 2.11. The lowest BCUT2D eigenvalue weighted by Gasteiger charge is -2.15. The van der Waals surface area contributed by atoms with E-state index in [1.165, 1.54) is 6.20 Å². The van der Waals surface area contributed by atoms with E-state index in [2.05, 4.69) is 9.97 Å². The molecule has 7 heteroatoms. The summed E-state index contributed by atoms with van der Waals surface area (Å²) in [5, 5.41) is 0. The Morgan fingerprint density at radius 3 is 2.44 bits per heavy atom. The molecule has 2 aromatic heterocycles. The number of pyridine rings is 2. The highest BCUT2D eigenvalue weighted by Crippen LogP contribution is 2.14. The van der Waals surface area contributed by atoms with Crippen LogP contribution in [0.3, 0.4) is 0 Å². The summed E-state index contributed by atoms with van der Waals surface area (Å²) in [5.74, 6) is 0.100. The van der Waals surface area contributed by atoms with Crippen molar-refractivity contribution in [2.45, 2.75) is 6.61 Å². The normalized spacial score (nSPS) is 11.3. The molecule has 0 fully saturated rings. The molecule has 0 spiro atoms. The zero-order valence-corrected chi connectivity index (χ0v) is 9.26. The minimum absolute atomic E-state index is 0.100. The molecule has 0 aliphatic heterocycles. The monoisotopic (exact) mass is 253 g/mol. The molecule has 0 saturated heterocycles. The molecule has 0 N–H and O–H groups in total. The Balaban J connectivity index is 2.06. The molecule has 0 unspecified atom stereocenters. The van der Waals surface area contributed by atoms with E-state index in [1.54, 1.807) is 24.5 Å². The van der Waals surface area contributed by atoms with Crippen LogP contribution in [0.2, 0.25) is 0 Å². The van der Waals surface area contributed by atoms with E-state index in [4.69, 9.17) is 4.74 Å². The van der Waals surface area contributed by atoms with Crippen LogP contribution in [0.4, 0.5) is 12.9 Å². The molecule has 2 rings (SSSR count). The van der Waals surface area contributed by atoms with Crippen molar-refractivity contribution >= 4 is 12.4 Å². The van der Waals surface area contributed by atoms with Crippen molar-refractivity contribution < 1.29 is 17.7 Å². The van der Waals surface area contributed by atoms with Gasteiger partial charge in [-0.1, -0.05) is 5.46 Å². The quantitative estimate of drug-likeness (QED) is 0.782. The first-order valence-corrected chi connectivity index (χ1v) is 5.22. The van der Waals surface area contributed by atoms with Gasteiger partial charge in [0.05, 0.1) is 6.20 Å². The first kappa shape index (κ1) is 12.4. The summed E-state index contributed by atoms with van der Waals surface area (Å²) in [5.41, 5.74) is 0.0650. The molecule has 0 amide bonds. The van der Waals surface area contributed by atoms with Crippen molar-refractivity contribution in [1.29, 1.82) is 0 Å². The van der Waals surface area contributed by atoms with Crippen LogP contribution in [-0.2, 0) is 6.61 Å². The Kier molecular flexibility index (Phi) is 3.50. The van der Waals surface area contributed by atoms with Gasteiger partial charge in [0.2, 0.25) is 0 Å². The lowest BCUT2D eigenvalue weighted by Crippen LogP contribution is -2.34. The van der Waals surface area contributed by atoms with Crippen molar-refractivity contribution in [3.63, 3.8) is 0 Å². The minimum atomic E-state index is -5.05. The average Bonchev–Trinajstić information content (AvgIpc) is 2.37. The topological polar surface area (TPSA) is 35.0 Å². The van der Waals surface area contributed by atoms with Crippen LogP contribution in [0.5, 0.6) is 5.75 Å². The Labute approximate surface area is 102 Å². The maximum atomic E-state index is 12.5. The fourth-order valence-electron chi connectivity index (χ4n) is 1.34. The fourth-order valence-corrected chi connectivity index (χ4v) is 1.34. The molecule has 0 aliphatic carbocycles. The third kappa shape index (κ3) is 3.22. The van der Waals surface area contributed by atoms with E-state index < -0.39 is 12.4 Å². The van der Waals surface area contributed by atoms with Crippen LogP contribution in [-0.4, -0.2) is 16.9 Å². The number of aromatic nitrogens is 2. The number of halogens is 3. The second-order valence-corrected chi connectivity index (χ2v) is 3.67. The van der Waals surface area contributed by atoms with Crippen molar-refractivity contribution in [3.8, 4) is 5.75 Å². The highest BCUT2D eigenvalue weighted by atomic mass is 19.4. The molecule has 0 radical (unpaired) electrons. The molecule has 3 nitrogen and oxygen atoms in total. The summed E-state index contributed by atoms with van der Waals surface area (Å²) >= 11 is 0. The molecule has 0 atom stereocenters. The summed E-state index contributed by atoms with van der Waals surface area (Å²) in [6.45, 7) is -4.87. The SMILES string of the molecule is F[B-](F)(F)c1cncc(OCc2ccncc2)c1. The van der Waals surface area contributed by atoms with Gasteiger partial charge in [-0.25, -0.2) is 0 Å². The standard InChI is InChI=1S/C11H9BF3N2O/c13-12(14,15)10-5-11(7-17-6-10)18-8-9-1-3-16-4-2-9/h1-7H,8H2/q-1. The first-order chi connectivity index (χ1) is 8.55. The molecule has 0 saturated carbocycles. The van der Waals surface area contributed by atoms with Gasteiger partial charge in [-0.2, -0.15) is 0 Å². The maximum Gasteiger partial charge on any atom is 0.511 e. The smallest absolute Gasteiger partial charge is 0.487 e. The van der Waals surface area contributed by atoms with Gasteiger partial charge in [-0.3, -0.25) is 9.97 Å². The molecule has 94 valence electrons. The van der Waals surface area contributed by atoms with Crippen LogP contribution in [0, 0.1) is 0 Å². The summed E-state index contributed by atoms with van der Waals surface area (Å²) < 4.78 is 42.7. The summed E-state index contributed by atoms with van der Waals surface area (Å²) in [6, 6.07) is 4.41. The van der Waals surface area contributed by atoms with Crippen LogP contribution >= 0.6 is 0 Å². The van der Waals surface area contributed by atoms with E-state index in [1.807, 2.05) is 0 Å². The van der Waals surface area contributed by atoms with E-state index in [0.29, 0.717) is 0 Å². The second-order valence-electron chi connectivity index (χ2n) is 3.67. The molecule has 0 aliphatic rings. The van der Waals surface area contributed by atoms with Crippen molar-refractivity contribution in [3.05, 3.63) is 48.5 Å². The van der Waals surface area contributed by atoms with Gasteiger partial charge < -0.3 is 17.7 Å². The van der Waals surface area contributed by atoms with Crippen molar-refractivity contribution in [2.24, 2.45) is 0 Å². The lowest BCUT2D eigenvalue weighted by atomic mass is 9.81. The summed E-state index contributed by atoms with van der Waals surface area (Å²) in [7, 11) is 0. The number of rotatable bonds is 4. The van der Waals surface area contributed by atoms with Crippen LogP contribution in [0.1, 0.15) is 5.56 Å². The minimum Gasteiger partial charge on any atom is -0.487 e. The third-order valence-corrected chi connectivity index (χ3v) is 2.27. The first-order valence-electron chi connectivity index (χ1n) is 5.22. The van der Waals surface area contributed by atoms with E-state index in [-0.39, 0.29) is 12.4 Å². The summed E-state index contributed by atoms with van der Waals surface area (Å²) in [6.07, 6.45) is 5.23. The Bertz CT molecular complexity index is 519. The van der Waals surface area contributed by atoms with E-state index in [9.17, 15) is 12.9 Å². The molecular formula is C11H9BF3N2O-. The zero-order chi connectivity index (χ0) is 13.0. The molecular weight excluding hydrogens is 244 g/mol. The van der Waals surface area contributed by atoms with Gasteiger partial charge in [-0.05, 0) is 23.8 Å². The predicted molar refractivity (Wildman–Crippen MR) is 61.5 cm³/mol. The Hall–Kier alpha value is -2.05. The van der Waals surface area contributed by atoms with Crippen LogP contribution in [0.25, 0.3) is 0 Å². The highest BCUT2D eigenvalue weighted by Gasteiger charge is 2.26. The Morgan fingerprint density at radius 2 is 1.78 bits per heavy atom. The zero-order valence-electron chi connectivity index (χ0n) is 9.26. The van der Waals surface area contributed by atoms with Crippen molar-refractivity contribution in [2.75, 3.05) is 0 Å².